The zero-order valence-electron chi connectivity index (χ0n) is 46.1. The van der Waals surface area contributed by atoms with E-state index in [-0.39, 0.29) is 23.9 Å². The molecule has 15 heteroatoms. The van der Waals surface area contributed by atoms with Crippen LogP contribution in [0.4, 0.5) is 0 Å². The first kappa shape index (κ1) is 69.2. The molecule has 70 heavy (non-hydrogen) atoms. The third-order valence-corrected chi connectivity index (χ3v) is 17.7. The minimum atomic E-state index is -0.193. The summed E-state index contributed by atoms with van der Waals surface area (Å²) in [7, 11) is 9.43. The zero-order chi connectivity index (χ0) is 51.6. The SMILES string of the molecule is CCCCCCCCSSCCOC(=O)CCN(CCCN(C)CCCN(CCC(=O)OCC(CC)CCCC)CCC(=O)OCC(CC)CCCC)CCC(=O)OCCSSCCCCCCCC. The van der Waals surface area contributed by atoms with Crippen LogP contribution in [0.5, 0.6) is 0 Å². The van der Waals surface area contributed by atoms with Crippen LogP contribution in [-0.4, -0.2) is 147 Å². The summed E-state index contributed by atoms with van der Waals surface area (Å²) in [6.07, 6.45) is 27.3. The highest BCUT2D eigenvalue weighted by molar-refractivity contribution is 8.77. The molecule has 2 unspecified atom stereocenters. The first-order chi connectivity index (χ1) is 34.1. The van der Waals surface area contributed by atoms with Gasteiger partial charge in [-0.25, -0.2) is 0 Å². The number of hydrogen-bond acceptors (Lipinski definition) is 15. The summed E-state index contributed by atoms with van der Waals surface area (Å²) in [5.41, 5.74) is 0. The maximum absolute atomic E-state index is 12.9. The van der Waals surface area contributed by atoms with E-state index in [0.717, 1.165) is 113 Å². The number of nitrogens with zero attached hydrogens (tertiary/aromatic N) is 3. The van der Waals surface area contributed by atoms with Crippen molar-refractivity contribution in [3.8, 4) is 0 Å². The molecule has 0 heterocycles. The van der Waals surface area contributed by atoms with Gasteiger partial charge in [0, 0.05) is 49.2 Å². The number of esters is 4. The highest BCUT2D eigenvalue weighted by atomic mass is 33.1. The van der Waals surface area contributed by atoms with Crippen molar-refractivity contribution in [1.29, 1.82) is 0 Å². The molecule has 0 aromatic carbocycles. The Hall–Kier alpha value is -0.840. The Kier molecular flexibility index (Phi) is 52.4. The van der Waals surface area contributed by atoms with Gasteiger partial charge in [-0.2, -0.15) is 0 Å². The molecule has 0 saturated carbocycles. The van der Waals surface area contributed by atoms with Gasteiger partial charge in [0.05, 0.1) is 38.9 Å². The number of carbonyl (C=O) groups is 4. The van der Waals surface area contributed by atoms with Gasteiger partial charge in [-0.05, 0) is 83.6 Å². The third-order valence-electron chi connectivity index (χ3n) is 12.8. The van der Waals surface area contributed by atoms with Crippen molar-refractivity contribution in [2.45, 2.75) is 208 Å². The molecule has 0 amide bonds. The van der Waals surface area contributed by atoms with E-state index in [0.29, 0.717) is 90.1 Å². The van der Waals surface area contributed by atoms with Crippen LogP contribution in [0.3, 0.4) is 0 Å². The van der Waals surface area contributed by atoms with Gasteiger partial charge in [-0.15, -0.1) is 0 Å². The number of rotatable bonds is 54. The van der Waals surface area contributed by atoms with Crippen molar-refractivity contribution < 1.29 is 38.1 Å². The highest BCUT2D eigenvalue weighted by Crippen LogP contribution is 2.24. The molecule has 0 spiro atoms. The number of hydrogen-bond donors (Lipinski definition) is 0. The van der Waals surface area contributed by atoms with E-state index < -0.39 is 0 Å². The van der Waals surface area contributed by atoms with Crippen LogP contribution >= 0.6 is 43.2 Å². The van der Waals surface area contributed by atoms with Gasteiger partial charge in [-0.3, -0.25) is 19.2 Å². The number of ether oxygens (including phenoxy) is 4. The lowest BCUT2D eigenvalue weighted by Crippen LogP contribution is -2.34. The molecule has 0 radical (unpaired) electrons. The Morgan fingerprint density at radius 2 is 0.700 bits per heavy atom. The van der Waals surface area contributed by atoms with Crippen molar-refractivity contribution in [2.75, 3.05) is 109 Å². The molecule has 0 aliphatic rings. The van der Waals surface area contributed by atoms with Gasteiger partial charge in [0.25, 0.3) is 0 Å². The van der Waals surface area contributed by atoms with Crippen LogP contribution in [0.2, 0.25) is 0 Å². The summed E-state index contributed by atoms with van der Waals surface area (Å²) < 4.78 is 22.6. The summed E-state index contributed by atoms with van der Waals surface area (Å²) in [6, 6.07) is 0. The van der Waals surface area contributed by atoms with Gasteiger partial charge in [0.15, 0.2) is 0 Å². The Morgan fingerprint density at radius 1 is 0.371 bits per heavy atom. The number of unbranched alkanes of at least 4 members (excludes halogenated alkanes) is 12. The average Bonchev–Trinajstić information content (AvgIpc) is 3.36. The topological polar surface area (TPSA) is 115 Å². The Labute approximate surface area is 446 Å². The summed E-state index contributed by atoms with van der Waals surface area (Å²) >= 11 is 0. The molecule has 0 aliphatic heterocycles. The zero-order valence-corrected chi connectivity index (χ0v) is 49.4. The molecule has 0 bridgehead atoms. The second-order valence-electron chi connectivity index (χ2n) is 19.2. The van der Waals surface area contributed by atoms with Gasteiger partial charge < -0.3 is 33.6 Å². The highest BCUT2D eigenvalue weighted by Gasteiger charge is 2.17. The molecule has 0 N–H and O–H groups in total. The minimum Gasteiger partial charge on any atom is -0.465 e. The van der Waals surface area contributed by atoms with Crippen LogP contribution in [0.1, 0.15) is 208 Å². The number of carbonyl (C=O) groups excluding carboxylic acids is 4. The fraction of sp³-hybridized carbons (Fsp3) is 0.927. The van der Waals surface area contributed by atoms with Crippen LogP contribution in [0, 0.1) is 11.8 Å². The molecule has 414 valence electrons. The first-order valence-corrected chi connectivity index (χ1v) is 33.3. The average molecular weight is 1070 g/mol. The quantitative estimate of drug-likeness (QED) is 0.0249. The molecule has 0 aromatic heterocycles. The standard InChI is InChI=1S/C55H107N3O8S4/c1-8-14-18-20-22-24-44-67-69-46-42-63-52(59)30-38-57(39-31-53(60)64-43-47-70-68-45-25-23-21-19-15-9-2)36-26-34-56(7)35-27-37-58(40-32-54(61)65-48-50(12-5)28-16-10-3)41-33-55(62)66-49-51(13-6)29-17-11-4/h50-51H,8-49H2,1-7H3. The summed E-state index contributed by atoms with van der Waals surface area (Å²) in [6.45, 7) is 20.4. The van der Waals surface area contributed by atoms with Crippen molar-refractivity contribution in [3.63, 3.8) is 0 Å². The van der Waals surface area contributed by atoms with Crippen LogP contribution < -0.4 is 0 Å². The molecule has 0 aromatic rings. The normalized spacial score (nSPS) is 12.5. The maximum Gasteiger partial charge on any atom is 0.307 e. The van der Waals surface area contributed by atoms with E-state index in [1.165, 1.54) is 77.0 Å². The Balaban J connectivity index is 5.11. The third kappa shape index (κ3) is 46.9. The second-order valence-corrected chi connectivity index (χ2v) is 24.6. The molecular formula is C55H107N3O8S4. The fourth-order valence-corrected chi connectivity index (χ4v) is 11.9. The van der Waals surface area contributed by atoms with E-state index in [2.05, 4.69) is 63.3 Å². The summed E-state index contributed by atoms with van der Waals surface area (Å²) in [4.78, 5) is 58.0. The summed E-state index contributed by atoms with van der Waals surface area (Å²) in [5, 5.41) is 0. The molecule has 11 nitrogen and oxygen atoms in total. The van der Waals surface area contributed by atoms with E-state index in [1.807, 2.05) is 21.6 Å². The monoisotopic (exact) mass is 1070 g/mol. The molecule has 0 aliphatic carbocycles. The van der Waals surface area contributed by atoms with Crippen molar-refractivity contribution in [1.82, 2.24) is 14.7 Å². The van der Waals surface area contributed by atoms with Gasteiger partial charge in [0.1, 0.15) is 13.2 Å². The lowest BCUT2D eigenvalue weighted by molar-refractivity contribution is -0.146. The predicted molar refractivity (Wildman–Crippen MR) is 305 cm³/mol. The van der Waals surface area contributed by atoms with Crippen molar-refractivity contribution >= 4 is 67.1 Å². The fourth-order valence-electron chi connectivity index (χ4n) is 7.91. The second kappa shape index (κ2) is 53.0. The van der Waals surface area contributed by atoms with Gasteiger partial charge >= 0.3 is 23.9 Å². The van der Waals surface area contributed by atoms with Crippen LogP contribution in [-0.2, 0) is 38.1 Å². The smallest absolute Gasteiger partial charge is 0.307 e. The largest absolute Gasteiger partial charge is 0.465 e. The van der Waals surface area contributed by atoms with Crippen molar-refractivity contribution in [3.05, 3.63) is 0 Å². The first-order valence-electron chi connectivity index (χ1n) is 28.4. The Morgan fingerprint density at radius 3 is 1.06 bits per heavy atom. The maximum atomic E-state index is 12.9. The molecule has 0 rings (SSSR count). The van der Waals surface area contributed by atoms with Gasteiger partial charge in [0.2, 0.25) is 0 Å². The minimum absolute atomic E-state index is 0.174. The Bertz CT molecular complexity index is 1130. The lowest BCUT2D eigenvalue weighted by Gasteiger charge is -2.25. The molecule has 0 saturated heterocycles. The van der Waals surface area contributed by atoms with E-state index in [9.17, 15) is 19.2 Å². The molecule has 0 fully saturated rings. The predicted octanol–water partition coefficient (Wildman–Crippen LogP) is 14.0. The van der Waals surface area contributed by atoms with Crippen LogP contribution in [0.25, 0.3) is 0 Å². The van der Waals surface area contributed by atoms with E-state index in [4.69, 9.17) is 18.9 Å². The summed E-state index contributed by atoms with van der Waals surface area (Å²) in [5.74, 6) is 3.93. The van der Waals surface area contributed by atoms with E-state index >= 15 is 0 Å². The van der Waals surface area contributed by atoms with E-state index in [1.54, 1.807) is 21.6 Å². The van der Waals surface area contributed by atoms with Gasteiger partial charge in [-0.1, -0.05) is 187 Å². The molecule has 2 atom stereocenters. The molecular weight excluding hydrogens is 959 g/mol. The van der Waals surface area contributed by atoms with Crippen LogP contribution in [0.15, 0.2) is 0 Å². The van der Waals surface area contributed by atoms with Crippen molar-refractivity contribution in [2.24, 2.45) is 11.8 Å². The lowest BCUT2D eigenvalue weighted by atomic mass is 10.0.